The highest BCUT2D eigenvalue weighted by molar-refractivity contribution is 6.33. The first kappa shape index (κ1) is 16.3. The number of carbonyl (C=O) groups excluding carboxylic acids is 1. The van der Waals surface area contributed by atoms with Crippen LogP contribution in [0.25, 0.3) is 11.3 Å². The van der Waals surface area contributed by atoms with E-state index in [0.29, 0.717) is 5.56 Å². The van der Waals surface area contributed by atoms with Gasteiger partial charge in [-0.05, 0) is 18.2 Å². The van der Waals surface area contributed by atoms with Crippen LogP contribution in [0.5, 0.6) is 0 Å². The topological polar surface area (TPSA) is 39.2 Å². The van der Waals surface area contributed by atoms with Crippen molar-refractivity contribution in [2.24, 2.45) is 0 Å². The molecule has 0 saturated heterocycles. The molecule has 2 aromatic rings. The van der Waals surface area contributed by atoms with Crippen molar-refractivity contribution in [2.45, 2.75) is 12.8 Å². The van der Waals surface area contributed by atoms with Crippen LogP contribution in [0.1, 0.15) is 23.0 Å². The predicted octanol–water partition coefficient (Wildman–Crippen LogP) is 4.44. The summed E-state index contributed by atoms with van der Waals surface area (Å²) in [5, 5.41) is 0.0222. The van der Waals surface area contributed by atoms with Crippen LogP contribution >= 0.6 is 11.6 Å². The molecular weight excluding hydrogens is 319 g/mol. The molecule has 0 bridgehead atoms. The van der Waals surface area contributed by atoms with Crippen LogP contribution in [0.4, 0.5) is 13.2 Å². The fourth-order valence-electron chi connectivity index (χ4n) is 1.83. The van der Waals surface area contributed by atoms with Crippen molar-refractivity contribution in [2.75, 3.05) is 7.11 Å². The second kappa shape index (κ2) is 5.96. The van der Waals surface area contributed by atoms with Crippen LogP contribution in [0, 0.1) is 5.82 Å². The maximum Gasteiger partial charge on any atom is 0.359 e. The number of ether oxygens (including phenoxy) is 1. The molecular formula is C15H11ClF3NO2. The minimum absolute atomic E-state index is 0.0222. The van der Waals surface area contributed by atoms with Crippen molar-refractivity contribution in [3.63, 3.8) is 0 Å². The van der Waals surface area contributed by atoms with E-state index in [0.717, 1.165) is 26.2 Å². The summed E-state index contributed by atoms with van der Waals surface area (Å²) in [5.74, 6) is -4.81. The van der Waals surface area contributed by atoms with Gasteiger partial charge in [-0.25, -0.2) is 22.9 Å². The van der Waals surface area contributed by atoms with Crippen molar-refractivity contribution in [3.8, 4) is 11.3 Å². The average Bonchev–Trinajstić information content (AvgIpc) is 2.46. The second-order valence-corrected chi connectivity index (χ2v) is 5.01. The number of hydrogen-bond donors (Lipinski definition) is 0. The van der Waals surface area contributed by atoms with E-state index in [9.17, 15) is 18.0 Å². The zero-order chi connectivity index (χ0) is 16.5. The van der Waals surface area contributed by atoms with Crippen LogP contribution in [0.15, 0.2) is 30.3 Å². The number of alkyl halides is 2. The van der Waals surface area contributed by atoms with Crippen molar-refractivity contribution < 1.29 is 22.7 Å². The number of pyridine rings is 1. The monoisotopic (exact) mass is 329 g/mol. The first-order chi connectivity index (χ1) is 10.2. The SMILES string of the molecule is COC(=O)c1nc(-c2ccc(C(C)(F)F)cc2Cl)ccc1F. The van der Waals surface area contributed by atoms with E-state index in [1.165, 1.54) is 18.2 Å². The third-order valence-electron chi connectivity index (χ3n) is 2.98. The Balaban J connectivity index is 2.51. The van der Waals surface area contributed by atoms with Crippen molar-refractivity contribution in [3.05, 3.63) is 52.4 Å². The predicted molar refractivity (Wildman–Crippen MR) is 75.5 cm³/mol. The Labute approximate surface area is 129 Å². The highest BCUT2D eigenvalue weighted by Crippen LogP contribution is 2.34. The van der Waals surface area contributed by atoms with Gasteiger partial charge in [0, 0.05) is 18.1 Å². The molecule has 0 amide bonds. The lowest BCUT2D eigenvalue weighted by Gasteiger charge is -2.13. The normalized spacial score (nSPS) is 11.4. The number of aromatic nitrogens is 1. The van der Waals surface area contributed by atoms with E-state index < -0.39 is 23.4 Å². The van der Waals surface area contributed by atoms with Gasteiger partial charge in [-0.15, -0.1) is 0 Å². The number of esters is 1. The van der Waals surface area contributed by atoms with Crippen molar-refractivity contribution in [1.82, 2.24) is 4.98 Å². The molecule has 0 aliphatic rings. The van der Waals surface area contributed by atoms with Crippen LogP contribution < -0.4 is 0 Å². The Bertz CT molecular complexity index is 729. The van der Waals surface area contributed by atoms with Crippen LogP contribution in [-0.2, 0) is 10.7 Å². The molecule has 0 aliphatic carbocycles. The summed E-state index contributed by atoms with van der Waals surface area (Å²) in [6.45, 7) is 0.754. The van der Waals surface area contributed by atoms with E-state index in [1.807, 2.05) is 0 Å². The molecule has 0 fully saturated rings. The standard InChI is InChI=1S/C15H11ClF3NO2/c1-15(18,19)8-3-4-9(10(16)7-8)12-6-5-11(17)13(20-12)14(21)22-2/h3-7H,1-2H3. The van der Waals surface area contributed by atoms with E-state index >= 15 is 0 Å². The Hall–Kier alpha value is -2.08. The highest BCUT2D eigenvalue weighted by Gasteiger charge is 2.25. The van der Waals surface area contributed by atoms with Crippen molar-refractivity contribution >= 4 is 17.6 Å². The van der Waals surface area contributed by atoms with Gasteiger partial charge in [-0.2, -0.15) is 0 Å². The molecule has 22 heavy (non-hydrogen) atoms. The molecule has 1 aromatic heterocycles. The summed E-state index contributed by atoms with van der Waals surface area (Å²) >= 11 is 5.99. The summed E-state index contributed by atoms with van der Waals surface area (Å²) in [6, 6.07) is 5.99. The molecule has 3 nitrogen and oxygen atoms in total. The first-order valence-corrected chi connectivity index (χ1v) is 6.55. The van der Waals surface area contributed by atoms with E-state index in [4.69, 9.17) is 11.6 Å². The number of carbonyl (C=O) groups is 1. The molecule has 1 heterocycles. The maximum atomic E-state index is 13.5. The Kier molecular flexibility index (Phi) is 4.42. The average molecular weight is 330 g/mol. The van der Waals surface area contributed by atoms with E-state index in [1.54, 1.807) is 0 Å². The lowest BCUT2D eigenvalue weighted by molar-refractivity contribution is 0.0175. The highest BCUT2D eigenvalue weighted by atomic mass is 35.5. The minimum Gasteiger partial charge on any atom is -0.464 e. The number of nitrogens with zero attached hydrogens (tertiary/aromatic N) is 1. The molecule has 1 aromatic carbocycles. The molecule has 0 spiro atoms. The van der Waals surface area contributed by atoms with Gasteiger partial charge in [0.2, 0.25) is 0 Å². The summed E-state index contributed by atoms with van der Waals surface area (Å²) in [7, 11) is 1.10. The largest absolute Gasteiger partial charge is 0.464 e. The Morgan fingerprint density at radius 2 is 1.95 bits per heavy atom. The van der Waals surface area contributed by atoms with E-state index in [-0.39, 0.29) is 16.3 Å². The van der Waals surface area contributed by atoms with Gasteiger partial charge in [0.1, 0.15) is 0 Å². The van der Waals surface area contributed by atoms with Crippen molar-refractivity contribution in [1.29, 1.82) is 0 Å². The molecule has 0 aliphatic heterocycles. The maximum absolute atomic E-state index is 13.5. The Morgan fingerprint density at radius 3 is 2.50 bits per heavy atom. The summed E-state index contributed by atoms with van der Waals surface area (Å²) in [4.78, 5) is 15.3. The van der Waals surface area contributed by atoms with Gasteiger partial charge in [0.25, 0.3) is 5.92 Å². The third-order valence-corrected chi connectivity index (χ3v) is 3.29. The lowest BCUT2D eigenvalue weighted by Crippen LogP contribution is -2.09. The second-order valence-electron chi connectivity index (χ2n) is 4.60. The minimum atomic E-state index is -3.03. The molecule has 7 heteroatoms. The summed E-state index contributed by atoms with van der Waals surface area (Å²) < 4.78 is 44.5. The summed E-state index contributed by atoms with van der Waals surface area (Å²) in [5.41, 5.74) is -0.268. The number of hydrogen-bond acceptors (Lipinski definition) is 3. The number of methoxy groups -OCH3 is 1. The van der Waals surface area contributed by atoms with Crippen LogP contribution in [0.2, 0.25) is 5.02 Å². The van der Waals surface area contributed by atoms with Gasteiger partial charge in [0.15, 0.2) is 11.5 Å². The lowest BCUT2D eigenvalue weighted by atomic mass is 10.0. The molecule has 116 valence electrons. The molecule has 0 unspecified atom stereocenters. The first-order valence-electron chi connectivity index (χ1n) is 6.17. The quantitative estimate of drug-likeness (QED) is 0.781. The fraction of sp³-hybridized carbons (Fsp3) is 0.200. The zero-order valence-electron chi connectivity index (χ0n) is 11.7. The Morgan fingerprint density at radius 1 is 1.27 bits per heavy atom. The van der Waals surface area contributed by atoms with Gasteiger partial charge in [-0.1, -0.05) is 23.7 Å². The van der Waals surface area contributed by atoms with Gasteiger partial charge in [-0.3, -0.25) is 0 Å². The molecule has 0 radical (unpaired) electrons. The zero-order valence-corrected chi connectivity index (χ0v) is 12.4. The summed E-state index contributed by atoms with van der Waals surface area (Å²) in [6.07, 6.45) is 0. The van der Waals surface area contributed by atoms with Crippen LogP contribution in [-0.4, -0.2) is 18.1 Å². The molecule has 2 rings (SSSR count). The number of rotatable bonds is 3. The molecule has 0 saturated carbocycles. The van der Waals surface area contributed by atoms with Gasteiger partial charge in [0.05, 0.1) is 17.8 Å². The molecule has 0 atom stereocenters. The fourth-order valence-corrected chi connectivity index (χ4v) is 2.11. The van der Waals surface area contributed by atoms with Gasteiger partial charge >= 0.3 is 5.97 Å². The molecule has 0 N–H and O–H groups in total. The van der Waals surface area contributed by atoms with Crippen LogP contribution in [0.3, 0.4) is 0 Å². The van der Waals surface area contributed by atoms with E-state index in [2.05, 4.69) is 9.72 Å². The third kappa shape index (κ3) is 3.22. The number of halogens is 4. The van der Waals surface area contributed by atoms with Gasteiger partial charge < -0.3 is 4.74 Å². The smallest absolute Gasteiger partial charge is 0.359 e. The number of benzene rings is 1.